The van der Waals surface area contributed by atoms with Gasteiger partial charge in [-0.05, 0) is 25.7 Å². The smallest absolute Gasteiger partial charge is 0.224 e. The van der Waals surface area contributed by atoms with Gasteiger partial charge in [0.25, 0.3) is 0 Å². The van der Waals surface area contributed by atoms with E-state index in [9.17, 15) is 14.7 Å². The van der Waals surface area contributed by atoms with Gasteiger partial charge in [0.2, 0.25) is 11.8 Å². The molecule has 2 unspecified atom stereocenters. The van der Waals surface area contributed by atoms with Gasteiger partial charge >= 0.3 is 0 Å². The zero-order valence-electron chi connectivity index (χ0n) is 10.2. The molecule has 2 aliphatic rings. The molecule has 0 spiro atoms. The van der Waals surface area contributed by atoms with Gasteiger partial charge in [0, 0.05) is 32.0 Å². The second-order valence-corrected chi connectivity index (χ2v) is 5.04. The maximum absolute atomic E-state index is 12.0. The van der Waals surface area contributed by atoms with Crippen molar-refractivity contribution in [2.24, 2.45) is 0 Å². The summed E-state index contributed by atoms with van der Waals surface area (Å²) in [7, 11) is 0. The molecule has 0 aromatic rings. The van der Waals surface area contributed by atoms with Crippen molar-refractivity contribution in [1.29, 1.82) is 0 Å². The van der Waals surface area contributed by atoms with E-state index in [2.05, 4.69) is 5.32 Å². The van der Waals surface area contributed by atoms with Gasteiger partial charge in [0.15, 0.2) is 0 Å². The molecule has 2 rings (SSSR count). The first-order valence-electron chi connectivity index (χ1n) is 6.31. The van der Waals surface area contributed by atoms with E-state index in [1.807, 2.05) is 4.90 Å². The molecule has 2 aliphatic heterocycles. The Morgan fingerprint density at radius 3 is 2.41 bits per heavy atom. The number of nitrogens with zero attached hydrogens (tertiary/aromatic N) is 1. The van der Waals surface area contributed by atoms with Crippen molar-refractivity contribution < 1.29 is 14.7 Å². The molecule has 0 radical (unpaired) electrons. The Bertz CT molecular complexity index is 305. The fourth-order valence-electron chi connectivity index (χ4n) is 3.03. The molecule has 2 N–H and O–H groups in total. The topological polar surface area (TPSA) is 69.6 Å². The molecular formula is C12H20N2O3. The molecule has 2 bridgehead atoms. The number of carbonyl (C=O) groups is 2. The largest absolute Gasteiger partial charge is 0.393 e. The lowest BCUT2D eigenvalue weighted by Gasteiger charge is -2.37. The summed E-state index contributed by atoms with van der Waals surface area (Å²) in [6.07, 6.45) is 3.56. The fraction of sp³-hybridized carbons (Fsp3) is 0.833. The van der Waals surface area contributed by atoms with Crippen LogP contribution in [-0.4, -0.2) is 46.6 Å². The van der Waals surface area contributed by atoms with Gasteiger partial charge in [0.05, 0.1) is 6.10 Å². The molecule has 5 heteroatoms. The predicted molar refractivity (Wildman–Crippen MR) is 62.2 cm³/mol. The van der Waals surface area contributed by atoms with Crippen LogP contribution in [0.15, 0.2) is 0 Å². The van der Waals surface area contributed by atoms with E-state index in [-0.39, 0.29) is 30.0 Å². The summed E-state index contributed by atoms with van der Waals surface area (Å²) in [5.74, 6) is 0.00740. The van der Waals surface area contributed by atoms with E-state index in [0.29, 0.717) is 25.8 Å². The summed E-state index contributed by atoms with van der Waals surface area (Å²) in [6, 6.07) is 0.433. The van der Waals surface area contributed by atoms with Crippen molar-refractivity contribution in [3.8, 4) is 0 Å². The minimum absolute atomic E-state index is 0.102. The second-order valence-electron chi connectivity index (χ2n) is 5.04. The van der Waals surface area contributed by atoms with E-state index in [0.717, 1.165) is 12.8 Å². The minimum Gasteiger partial charge on any atom is -0.393 e. The normalized spacial score (nSPS) is 31.4. The van der Waals surface area contributed by atoms with Gasteiger partial charge in [-0.1, -0.05) is 0 Å². The lowest BCUT2D eigenvalue weighted by Crippen LogP contribution is -2.48. The summed E-state index contributed by atoms with van der Waals surface area (Å²) < 4.78 is 0. The maximum atomic E-state index is 12.0. The average molecular weight is 240 g/mol. The van der Waals surface area contributed by atoms with Gasteiger partial charge in [-0.15, -0.1) is 0 Å². The SMILES string of the molecule is CC(=O)NCCC(=O)N1C2CCC1CC(O)C2. The van der Waals surface area contributed by atoms with Crippen LogP contribution >= 0.6 is 0 Å². The number of carbonyl (C=O) groups excluding carboxylic acids is 2. The summed E-state index contributed by atoms with van der Waals surface area (Å²) in [6.45, 7) is 1.86. The molecule has 2 heterocycles. The zero-order chi connectivity index (χ0) is 12.4. The molecule has 0 saturated carbocycles. The Balaban J connectivity index is 1.86. The number of aliphatic hydroxyl groups is 1. The van der Waals surface area contributed by atoms with Crippen LogP contribution in [0.1, 0.15) is 39.0 Å². The van der Waals surface area contributed by atoms with Gasteiger partial charge in [-0.3, -0.25) is 9.59 Å². The Morgan fingerprint density at radius 1 is 1.29 bits per heavy atom. The highest BCUT2D eigenvalue weighted by Gasteiger charge is 2.42. The van der Waals surface area contributed by atoms with Crippen LogP contribution < -0.4 is 5.32 Å². The number of nitrogens with one attached hydrogen (secondary N) is 1. The maximum Gasteiger partial charge on any atom is 0.224 e. The lowest BCUT2D eigenvalue weighted by molar-refractivity contribution is -0.137. The fourth-order valence-corrected chi connectivity index (χ4v) is 3.03. The third kappa shape index (κ3) is 2.77. The second kappa shape index (κ2) is 5.04. The van der Waals surface area contributed by atoms with Crippen LogP contribution in [0.5, 0.6) is 0 Å². The molecule has 2 fully saturated rings. The molecule has 17 heavy (non-hydrogen) atoms. The average Bonchev–Trinajstić information content (AvgIpc) is 2.50. The summed E-state index contributed by atoms with van der Waals surface area (Å²) in [4.78, 5) is 24.7. The molecular weight excluding hydrogens is 220 g/mol. The molecule has 0 aliphatic carbocycles. The van der Waals surface area contributed by atoms with Crippen molar-refractivity contribution in [1.82, 2.24) is 10.2 Å². The lowest BCUT2D eigenvalue weighted by atomic mass is 9.99. The third-order valence-electron chi connectivity index (χ3n) is 3.71. The Hall–Kier alpha value is -1.10. The van der Waals surface area contributed by atoms with Crippen molar-refractivity contribution >= 4 is 11.8 Å². The monoisotopic (exact) mass is 240 g/mol. The highest BCUT2D eigenvalue weighted by molar-refractivity contribution is 5.79. The van der Waals surface area contributed by atoms with Crippen LogP contribution in [-0.2, 0) is 9.59 Å². The molecule has 2 amide bonds. The molecule has 0 aromatic heterocycles. The highest BCUT2D eigenvalue weighted by Crippen LogP contribution is 2.35. The summed E-state index contributed by atoms with van der Waals surface area (Å²) in [5, 5.41) is 12.3. The number of piperidine rings is 1. The Kier molecular flexibility index (Phi) is 3.66. The molecule has 2 atom stereocenters. The number of rotatable bonds is 3. The first kappa shape index (κ1) is 12.4. The summed E-state index contributed by atoms with van der Waals surface area (Å²) >= 11 is 0. The first-order valence-corrected chi connectivity index (χ1v) is 6.31. The summed E-state index contributed by atoms with van der Waals surface area (Å²) in [5.41, 5.74) is 0. The molecule has 0 aromatic carbocycles. The number of hydrogen-bond donors (Lipinski definition) is 2. The van der Waals surface area contributed by atoms with Crippen LogP contribution in [0.25, 0.3) is 0 Å². The molecule has 96 valence electrons. The van der Waals surface area contributed by atoms with Gasteiger partial charge < -0.3 is 15.3 Å². The van der Waals surface area contributed by atoms with Crippen LogP contribution in [0.3, 0.4) is 0 Å². The highest BCUT2D eigenvalue weighted by atomic mass is 16.3. The number of aliphatic hydroxyl groups excluding tert-OH is 1. The predicted octanol–water partition coefficient (Wildman–Crippen LogP) is 0.0269. The van der Waals surface area contributed by atoms with E-state index in [1.54, 1.807) is 0 Å². The van der Waals surface area contributed by atoms with Crippen molar-refractivity contribution in [2.75, 3.05) is 6.54 Å². The molecule has 2 saturated heterocycles. The van der Waals surface area contributed by atoms with Crippen molar-refractivity contribution in [3.05, 3.63) is 0 Å². The van der Waals surface area contributed by atoms with Crippen molar-refractivity contribution in [3.63, 3.8) is 0 Å². The Morgan fingerprint density at radius 2 is 1.88 bits per heavy atom. The van der Waals surface area contributed by atoms with Gasteiger partial charge in [-0.2, -0.15) is 0 Å². The van der Waals surface area contributed by atoms with E-state index in [4.69, 9.17) is 0 Å². The minimum atomic E-state index is -0.244. The van der Waals surface area contributed by atoms with E-state index < -0.39 is 0 Å². The van der Waals surface area contributed by atoms with E-state index in [1.165, 1.54) is 6.92 Å². The van der Waals surface area contributed by atoms with Gasteiger partial charge in [-0.25, -0.2) is 0 Å². The van der Waals surface area contributed by atoms with Crippen LogP contribution in [0, 0.1) is 0 Å². The van der Waals surface area contributed by atoms with Crippen LogP contribution in [0.2, 0.25) is 0 Å². The molecule has 5 nitrogen and oxygen atoms in total. The number of fused-ring (bicyclic) bond motifs is 2. The van der Waals surface area contributed by atoms with Gasteiger partial charge in [0.1, 0.15) is 0 Å². The third-order valence-corrected chi connectivity index (χ3v) is 3.71. The standard InChI is InChI=1S/C12H20N2O3/c1-8(15)13-5-4-12(17)14-9-2-3-10(14)7-11(16)6-9/h9-11,16H,2-7H2,1H3,(H,13,15). The number of amides is 2. The zero-order valence-corrected chi connectivity index (χ0v) is 10.2. The Labute approximate surface area is 101 Å². The first-order chi connectivity index (χ1) is 8.08. The van der Waals surface area contributed by atoms with Crippen LogP contribution in [0.4, 0.5) is 0 Å². The quantitative estimate of drug-likeness (QED) is 0.731. The van der Waals surface area contributed by atoms with E-state index >= 15 is 0 Å². The van der Waals surface area contributed by atoms with Crippen molar-refractivity contribution in [2.45, 2.75) is 57.2 Å². The number of hydrogen-bond acceptors (Lipinski definition) is 3.